The Labute approximate surface area is 187 Å². The first-order valence-electron chi connectivity index (χ1n) is 8.85. The maximum Gasteiger partial charge on any atom is 0.352 e. The summed E-state index contributed by atoms with van der Waals surface area (Å²) >= 11 is 0. The number of nitrogens with one attached hydrogen (secondary N) is 2. The summed E-state index contributed by atoms with van der Waals surface area (Å²) in [4.78, 5) is 64.2. The molecule has 0 radical (unpaired) electrons. The molecule has 0 bridgehead atoms. The lowest BCUT2D eigenvalue weighted by Crippen LogP contribution is -2.17. The molecule has 1 rings (SSSR count). The first-order valence-corrected chi connectivity index (χ1v) is 8.85. The molecular weight excluding hydrogens is 468 g/mol. The Kier molecular flexibility index (Phi) is 9.50. The number of carboxylic acids is 4. The molecule has 0 saturated carbocycles. The van der Waals surface area contributed by atoms with Crippen molar-refractivity contribution in [2.45, 2.75) is 25.7 Å². The summed E-state index contributed by atoms with van der Waals surface area (Å²) in [6.45, 7) is 0. The quantitative estimate of drug-likeness (QED) is 0.122. The van der Waals surface area contributed by atoms with E-state index in [-0.39, 0.29) is 0 Å². The van der Waals surface area contributed by atoms with Gasteiger partial charge >= 0.3 is 35.3 Å². The Bertz CT molecular complexity index is 1010. The summed E-state index contributed by atoms with van der Waals surface area (Å²) in [7, 11) is 0. The summed E-state index contributed by atoms with van der Waals surface area (Å²) in [5.41, 5.74) is -0.384. The third-order valence-corrected chi connectivity index (χ3v) is 3.78. The summed E-state index contributed by atoms with van der Waals surface area (Å²) in [6.07, 6.45) is -2.35. The molecule has 0 atom stereocenters. The highest BCUT2D eigenvalue weighted by Gasteiger charge is 2.25. The molecule has 0 amide bonds. The molecule has 0 heterocycles. The number of hydrazone groups is 2. The second-order valence-corrected chi connectivity index (χ2v) is 6.14. The first kappa shape index (κ1) is 26.9. The number of carboxylic acid groups (broad SMARTS) is 4. The molecule has 182 valence electrons. The number of benzene rings is 1. The smallest absolute Gasteiger partial charge is 0.352 e. The van der Waals surface area contributed by atoms with Gasteiger partial charge in [-0.25, -0.2) is 9.59 Å². The minimum absolute atomic E-state index is 0.463. The van der Waals surface area contributed by atoms with Crippen LogP contribution in [0.4, 0.5) is 22.7 Å². The number of nitro groups is 2. The summed E-state index contributed by atoms with van der Waals surface area (Å²) < 4.78 is 0. The average molecular weight is 484 g/mol. The predicted octanol–water partition coefficient (Wildman–Crippen LogP) is 0.938. The van der Waals surface area contributed by atoms with Crippen LogP contribution in [-0.4, -0.2) is 65.6 Å². The van der Waals surface area contributed by atoms with E-state index in [0.717, 1.165) is 6.07 Å². The zero-order chi connectivity index (χ0) is 26.0. The van der Waals surface area contributed by atoms with Crippen LogP contribution in [0.15, 0.2) is 22.3 Å². The lowest BCUT2D eigenvalue weighted by molar-refractivity contribution is -0.393. The van der Waals surface area contributed by atoms with Gasteiger partial charge in [-0.15, -0.1) is 0 Å². The van der Waals surface area contributed by atoms with Crippen LogP contribution >= 0.6 is 0 Å². The topological polar surface area (TPSA) is 284 Å². The van der Waals surface area contributed by atoms with E-state index in [1.54, 1.807) is 0 Å². The van der Waals surface area contributed by atoms with Gasteiger partial charge in [-0.3, -0.25) is 40.7 Å². The monoisotopic (exact) mass is 484 g/mol. The standard InChI is InChI=1S/C16H16N6O12/c23-13(24)3-1-7(15(27)28)17-19-9-5-10(12(22(33)34)6-11(9)21(31)32)20-18-8(16(29)30)2-4-14(25)26/h5-6,19-20H,1-4H2,(H,23,24)(H,25,26)(H,27,28)(H,29,30)/b17-7-,18-8+. The van der Waals surface area contributed by atoms with Gasteiger partial charge in [0.2, 0.25) is 0 Å². The van der Waals surface area contributed by atoms with Gasteiger partial charge in [-0.2, -0.15) is 10.2 Å². The van der Waals surface area contributed by atoms with Crippen molar-refractivity contribution in [3.63, 3.8) is 0 Å². The van der Waals surface area contributed by atoms with Crippen LogP contribution in [0.2, 0.25) is 0 Å². The second kappa shape index (κ2) is 12.0. The molecule has 18 heteroatoms. The van der Waals surface area contributed by atoms with Crippen LogP contribution in [0.3, 0.4) is 0 Å². The van der Waals surface area contributed by atoms with E-state index in [2.05, 4.69) is 10.2 Å². The van der Waals surface area contributed by atoms with Crippen LogP contribution in [0.25, 0.3) is 0 Å². The molecule has 0 saturated heterocycles. The fourth-order valence-electron chi connectivity index (χ4n) is 2.19. The highest BCUT2D eigenvalue weighted by Crippen LogP contribution is 2.36. The Morgan fingerprint density at radius 1 is 0.706 bits per heavy atom. The van der Waals surface area contributed by atoms with E-state index in [9.17, 15) is 39.4 Å². The van der Waals surface area contributed by atoms with Crippen molar-refractivity contribution in [1.82, 2.24) is 0 Å². The predicted molar refractivity (Wildman–Crippen MR) is 111 cm³/mol. The fraction of sp³-hybridized carbons (Fsp3) is 0.250. The molecule has 0 aliphatic carbocycles. The normalized spacial score (nSPS) is 11.4. The van der Waals surface area contributed by atoms with Crippen molar-refractivity contribution in [2.24, 2.45) is 10.2 Å². The minimum atomic E-state index is -1.63. The van der Waals surface area contributed by atoms with E-state index in [1.807, 2.05) is 10.9 Å². The number of nitrogens with zero attached hydrogens (tertiary/aromatic N) is 4. The molecule has 0 aromatic heterocycles. The minimum Gasteiger partial charge on any atom is -0.481 e. The van der Waals surface area contributed by atoms with Crippen LogP contribution in [0.1, 0.15) is 25.7 Å². The largest absolute Gasteiger partial charge is 0.481 e. The van der Waals surface area contributed by atoms with Gasteiger partial charge in [-0.05, 0) is 0 Å². The van der Waals surface area contributed by atoms with Gasteiger partial charge in [-0.1, -0.05) is 0 Å². The van der Waals surface area contributed by atoms with Crippen molar-refractivity contribution in [3.8, 4) is 0 Å². The second-order valence-electron chi connectivity index (χ2n) is 6.14. The lowest BCUT2D eigenvalue weighted by Gasteiger charge is -2.08. The van der Waals surface area contributed by atoms with Crippen molar-refractivity contribution in [2.75, 3.05) is 10.9 Å². The molecule has 1 aromatic rings. The summed E-state index contributed by atoms with van der Waals surface area (Å²) in [5, 5.41) is 64.9. The Morgan fingerprint density at radius 3 is 1.32 bits per heavy atom. The van der Waals surface area contributed by atoms with E-state index < -0.39 is 93.6 Å². The molecule has 6 N–H and O–H groups in total. The van der Waals surface area contributed by atoms with E-state index in [0.29, 0.717) is 6.07 Å². The molecule has 1 aromatic carbocycles. The van der Waals surface area contributed by atoms with Crippen molar-refractivity contribution >= 4 is 58.1 Å². The Morgan fingerprint density at radius 2 is 1.06 bits per heavy atom. The molecule has 34 heavy (non-hydrogen) atoms. The maximum absolute atomic E-state index is 11.3. The SMILES string of the molecule is O=C(O)CC/C(=N/Nc1cc(N/N=C(\CCC(=O)O)C(=O)O)c([N+](=O)[O-])cc1[N+](=O)[O-])C(=O)O. The number of hydrogen-bond donors (Lipinski definition) is 6. The van der Waals surface area contributed by atoms with Gasteiger partial charge in [0.1, 0.15) is 22.8 Å². The highest BCUT2D eigenvalue weighted by molar-refractivity contribution is 6.36. The van der Waals surface area contributed by atoms with Gasteiger partial charge in [0.05, 0.1) is 28.8 Å². The van der Waals surface area contributed by atoms with Crippen LogP contribution in [0, 0.1) is 20.2 Å². The number of aliphatic carboxylic acids is 4. The highest BCUT2D eigenvalue weighted by atomic mass is 16.6. The maximum atomic E-state index is 11.3. The number of rotatable bonds is 14. The van der Waals surface area contributed by atoms with Crippen molar-refractivity contribution in [1.29, 1.82) is 0 Å². The fourth-order valence-corrected chi connectivity index (χ4v) is 2.19. The van der Waals surface area contributed by atoms with Gasteiger partial charge < -0.3 is 20.4 Å². The van der Waals surface area contributed by atoms with Crippen LogP contribution < -0.4 is 10.9 Å². The van der Waals surface area contributed by atoms with Crippen LogP contribution in [0.5, 0.6) is 0 Å². The lowest BCUT2D eigenvalue weighted by atomic mass is 10.2. The third kappa shape index (κ3) is 8.17. The molecular formula is C16H16N6O12. The molecule has 0 aliphatic rings. The van der Waals surface area contributed by atoms with Gasteiger partial charge in [0.25, 0.3) is 0 Å². The number of nitro benzene ring substituents is 2. The summed E-state index contributed by atoms with van der Waals surface area (Å²) in [6, 6.07) is 1.18. The zero-order valence-corrected chi connectivity index (χ0v) is 16.8. The number of carbonyl (C=O) groups is 4. The van der Waals surface area contributed by atoms with E-state index >= 15 is 0 Å². The molecule has 18 nitrogen and oxygen atoms in total. The third-order valence-electron chi connectivity index (χ3n) is 3.78. The Hall–Kier alpha value is -5.16. The zero-order valence-electron chi connectivity index (χ0n) is 16.8. The summed E-state index contributed by atoms with van der Waals surface area (Å²) in [5.74, 6) is -5.94. The van der Waals surface area contributed by atoms with Crippen molar-refractivity contribution < 1.29 is 49.5 Å². The molecule has 0 fully saturated rings. The van der Waals surface area contributed by atoms with E-state index in [4.69, 9.17) is 20.4 Å². The molecule has 0 aliphatic heterocycles. The van der Waals surface area contributed by atoms with Crippen molar-refractivity contribution in [3.05, 3.63) is 32.4 Å². The molecule has 0 unspecified atom stereocenters. The first-order chi connectivity index (χ1) is 15.8. The number of hydrogen-bond acceptors (Lipinski definition) is 12. The van der Waals surface area contributed by atoms with Crippen LogP contribution in [-0.2, 0) is 19.2 Å². The van der Waals surface area contributed by atoms with Gasteiger partial charge in [0, 0.05) is 18.9 Å². The number of anilines is 2. The van der Waals surface area contributed by atoms with Gasteiger partial charge in [0.15, 0.2) is 0 Å². The Balaban J connectivity index is 3.46. The van der Waals surface area contributed by atoms with E-state index in [1.165, 1.54) is 0 Å². The molecule has 0 spiro atoms. The average Bonchev–Trinajstić information content (AvgIpc) is 2.72.